The monoisotopic (exact) mass is 209 g/mol. The van der Waals surface area contributed by atoms with Gasteiger partial charge in [-0.25, -0.2) is 0 Å². The number of rotatable bonds is 6. The number of unbranched alkanes of at least 4 members (excludes halogenated alkanes) is 1. The van der Waals surface area contributed by atoms with Crippen molar-refractivity contribution in [3.05, 3.63) is 11.1 Å². The number of aromatic nitrogens is 2. The first-order valence-corrected chi connectivity index (χ1v) is 5.60. The molecular formula is C10H15N3S. The lowest BCUT2D eigenvalue weighted by molar-refractivity contribution is 0.508. The van der Waals surface area contributed by atoms with Gasteiger partial charge in [-0.3, -0.25) is 0 Å². The highest BCUT2D eigenvalue weighted by molar-refractivity contribution is 7.05. The number of hydrogen-bond acceptors (Lipinski definition) is 4. The fourth-order valence-corrected chi connectivity index (χ4v) is 1.94. The summed E-state index contributed by atoms with van der Waals surface area (Å²) in [7, 11) is 0. The van der Waals surface area contributed by atoms with Crippen molar-refractivity contribution in [2.75, 3.05) is 6.54 Å². The van der Waals surface area contributed by atoms with E-state index in [-0.39, 0.29) is 0 Å². The van der Waals surface area contributed by atoms with E-state index in [1.54, 1.807) is 0 Å². The second-order valence-electron chi connectivity index (χ2n) is 3.03. The van der Waals surface area contributed by atoms with Crippen molar-refractivity contribution < 1.29 is 0 Å². The molecule has 1 rings (SSSR count). The Balaban J connectivity index is 2.44. The van der Waals surface area contributed by atoms with Crippen LogP contribution in [0.3, 0.4) is 0 Å². The quantitative estimate of drug-likeness (QED) is 0.575. The minimum atomic E-state index is 0.369. The zero-order chi connectivity index (χ0) is 10.2. The third-order valence-corrected chi connectivity index (χ3v) is 2.76. The molecule has 1 unspecified atom stereocenters. The van der Waals surface area contributed by atoms with E-state index in [0.717, 1.165) is 25.8 Å². The largest absolute Gasteiger partial charge is 0.309 e. The van der Waals surface area contributed by atoms with Gasteiger partial charge in [0, 0.05) is 12.5 Å². The standard InChI is InChI=1S/C10H15N3S/c1-3-5-6-7-9(11-4-2)10-8-12-13-14-10/h1,8-9,11H,4-7H2,2H3. The summed E-state index contributed by atoms with van der Waals surface area (Å²) in [6, 6.07) is 0.369. The van der Waals surface area contributed by atoms with Gasteiger partial charge < -0.3 is 5.32 Å². The topological polar surface area (TPSA) is 37.8 Å². The summed E-state index contributed by atoms with van der Waals surface area (Å²) in [6.07, 6.45) is 9.99. The first-order valence-electron chi connectivity index (χ1n) is 4.82. The summed E-state index contributed by atoms with van der Waals surface area (Å²) in [4.78, 5) is 1.20. The Kier molecular flexibility index (Phi) is 5.20. The van der Waals surface area contributed by atoms with Gasteiger partial charge >= 0.3 is 0 Å². The molecule has 0 radical (unpaired) electrons. The van der Waals surface area contributed by atoms with Crippen molar-refractivity contribution in [2.45, 2.75) is 32.2 Å². The Labute approximate surface area is 89.1 Å². The van der Waals surface area contributed by atoms with Crippen LogP contribution < -0.4 is 5.32 Å². The van der Waals surface area contributed by atoms with Gasteiger partial charge in [0.15, 0.2) is 0 Å². The van der Waals surface area contributed by atoms with Crippen LogP contribution in [0.25, 0.3) is 0 Å². The van der Waals surface area contributed by atoms with E-state index in [1.807, 2.05) is 6.20 Å². The second-order valence-corrected chi connectivity index (χ2v) is 3.84. The predicted octanol–water partition coefficient (Wildman–Crippen LogP) is 1.99. The zero-order valence-electron chi connectivity index (χ0n) is 8.36. The second kappa shape index (κ2) is 6.52. The molecule has 1 heterocycles. The van der Waals surface area contributed by atoms with E-state index in [2.05, 4.69) is 27.7 Å². The lowest BCUT2D eigenvalue weighted by atomic mass is 10.1. The molecule has 3 nitrogen and oxygen atoms in total. The fourth-order valence-electron chi connectivity index (χ4n) is 1.33. The molecule has 14 heavy (non-hydrogen) atoms. The average Bonchev–Trinajstić information content (AvgIpc) is 2.70. The van der Waals surface area contributed by atoms with Crippen molar-refractivity contribution in [1.82, 2.24) is 14.9 Å². The smallest absolute Gasteiger partial charge is 0.0669 e. The summed E-state index contributed by atoms with van der Waals surface area (Å²) in [5.41, 5.74) is 0. The fraction of sp³-hybridized carbons (Fsp3) is 0.600. The van der Waals surface area contributed by atoms with Crippen molar-refractivity contribution in [3.63, 3.8) is 0 Å². The highest BCUT2D eigenvalue weighted by atomic mass is 32.1. The molecule has 1 aromatic heterocycles. The SMILES string of the molecule is C#CCCCC(NCC)c1cnns1. The van der Waals surface area contributed by atoms with E-state index in [1.165, 1.54) is 16.4 Å². The predicted molar refractivity (Wildman–Crippen MR) is 59.0 cm³/mol. The Hall–Kier alpha value is -0.920. The average molecular weight is 209 g/mol. The molecule has 0 aliphatic heterocycles. The Morgan fingerprint density at radius 3 is 3.14 bits per heavy atom. The molecule has 4 heteroatoms. The van der Waals surface area contributed by atoms with Gasteiger partial charge in [0.1, 0.15) is 0 Å². The maximum atomic E-state index is 5.21. The van der Waals surface area contributed by atoms with Gasteiger partial charge in [0.25, 0.3) is 0 Å². The third kappa shape index (κ3) is 3.44. The van der Waals surface area contributed by atoms with Crippen molar-refractivity contribution >= 4 is 11.5 Å². The molecular weight excluding hydrogens is 194 g/mol. The maximum Gasteiger partial charge on any atom is 0.0669 e. The number of nitrogens with zero attached hydrogens (tertiary/aromatic N) is 2. The molecule has 0 spiro atoms. The van der Waals surface area contributed by atoms with Crippen LogP contribution in [0.2, 0.25) is 0 Å². The molecule has 0 amide bonds. The van der Waals surface area contributed by atoms with Gasteiger partial charge in [0.2, 0.25) is 0 Å². The lowest BCUT2D eigenvalue weighted by Gasteiger charge is -2.14. The van der Waals surface area contributed by atoms with Crippen molar-refractivity contribution in [3.8, 4) is 12.3 Å². The first-order chi connectivity index (χ1) is 6.88. The minimum Gasteiger partial charge on any atom is -0.309 e. The molecule has 0 aromatic carbocycles. The van der Waals surface area contributed by atoms with Crippen LogP contribution in [-0.2, 0) is 0 Å². The molecule has 0 aliphatic rings. The van der Waals surface area contributed by atoms with Crippen molar-refractivity contribution in [2.24, 2.45) is 0 Å². The molecule has 0 aliphatic carbocycles. The summed E-state index contributed by atoms with van der Waals surface area (Å²) < 4.78 is 3.86. The molecule has 1 atom stereocenters. The Morgan fingerprint density at radius 1 is 1.71 bits per heavy atom. The summed E-state index contributed by atoms with van der Waals surface area (Å²) in [6.45, 7) is 3.06. The number of hydrogen-bond donors (Lipinski definition) is 1. The Bertz CT molecular complexity index is 276. The Morgan fingerprint density at radius 2 is 2.57 bits per heavy atom. The minimum absolute atomic E-state index is 0.369. The molecule has 0 fully saturated rings. The summed E-state index contributed by atoms with van der Waals surface area (Å²) >= 11 is 1.45. The van der Waals surface area contributed by atoms with Gasteiger partial charge in [-0.15, -0.1) is 17.4 Å². The molecule has 1 N–H and O–H groups in total. The van der Waals surface area contributed by atoms with Gasteiger partial charge in [-0.05, 0) is 30.9 Å². The van der Waals surface area contributed by atoms with Crippen LogP contribution in [0.4, 0.5) is 0 Å². The molecule has 0 saturated carbocycles. The molecule has 0 bridgehead atoms. The van der Waals surface area contributed by atoms with Gasteiger partial charge in [-0.2, -0.15) is 0 Å². The van der Waals surface area contributed by atoms with Crippen LogP contribution in [-0.4, -0.2) is 16.1 Å². The highest BCUT2D eigenvalue weighted by Crippen LogP contribution is 2.20. The molecule has 76 valence electrons. The van der Waals surface area contributed by atoms with Crippen LogP contribution in [0, 0.1) is 12.3 Å². The van der Waals surface area contributed by atoms with E-state index in [0.29, 0.717) is 6.04 Å². The normalized spacial score (nSPS) is 12.3. The van der Waals surface area contributed by atoms with Crippen LogP contribution in [0.1, 0.15) is 37.1 Å². The van der Waals surface area contributed by atoms with Gasteiger partial charge in [0.05, 0.1) is 11.1 Å². The highest BCUT2D eigenvalue weighted by Gasteiger charge is 2.11. The zero-order valence-corrected chi connectivity index (χ0v) is 9.18. The van der Waals surface area contributed by atoms with Crippen LogP contribution in [0.15, 0.2) is 6.20 Å². The number of terminal acetylenes is 1. The lowest BCUT2D eigenvalue weighted by Crippen LogP contribution is -2.19. The number of nitrogens with one attached hydrogen (secondary N) is 1. The van der Waals surface area contributed by atoms with Crippen LogP contribution >= 0.6 is 11.5 Å². The van der Waals surface area contributed by atoms with E-state index in [9.17, 15) is 0 Å². The van der Waals surface area contributed by atoms with Gasteiger partial charge in [-0.1, -0.05) is 11.4 Å². The first kappa shape index (κ1) is 11.2. The van der Waals surface area contributed by atoms with Crippen LogP contribution in [0.5, 0.6) is 0 Å². The summed E-state index contributed by atoms with van der Waals surface area (Å²) in [5.74, 6) is 2.65. The summed E-state index contributed by atoms with van der Waals surface area (Å²) in [5, 5.41) is 7.25. The van der Waals surface area contributed by atoms with E-state index < -0.39 is 0 Å². The van der Waals surface area contributed by atoms with E-state index in [4.69, 9.17) is 6.42 Å². The molecule has 1 aromatic rings. The third-order valence-electron chi connectivity index (χ3n) is 1.99. The van der Waals surface area contributed by atoms with Crippen molar-refractivity contribution in [1.29, 1.82) is 0 Å². The molecule has 0 saturated heterocycles. The van der Waals surface area contributed by atoms with E-state index >= 15 is 0 Å². The maximum absolute atomic E-state index is 5.21.